The van der Waals surface area contributed by atoms with E-state index in [0.29, 0.717) is 5.69 Å². The predicted octanol–water partition coefficient (Wildman–Crippen LogP) is 3.56. The molecule has 0 unspecified atom stereocenters. The zero-order chi connectivity index (χ0) is 14.4. The van der Waals surface area contributed by atoms with Gasteiger partial charge < -0.3 is 5.11 Å². The third-order valence-corrected chi connectivity index (χ3v) is 3.73. The largest absolute Gasteiger partial charge is 0.506 e. The van der Waals surface area contributed by atoms with Crippen LogP contribution in [0, 0.1) is 6.92 Å². The Kier molecular flexibility index (Phi) is 2.44. The molecule has 4 nitrogen and oxygen atoms in total. The van der Waals surface area contributed by atoms with Gasteiger partial charge in [-0.2, -0.15) is 5.10 Å². The highest BCUT2D eigenvalue weighted by Crippen LogP contribution is 2.31. The van der Waals surface area contributed by atoms with Crippen LogP contribution in [0.15, 0.2) is 54.9 Å². The summed E-state index contributed by atoms with van der Waals surface area (Å²) in [4.78, 5) is 4.45. The zero-order valence-electron chi connectivity index (χ0n) is 11.5. The van der Waals surface area contributed by atoms with Crippen LogP contribution in [0.1, 0.15) is 5.69 Å². The van der Waals surface area contributed by atoms with Gasteiger partial charge in [0.15, 0.2) is 0 Å². The monoisotopic (exact) mass is 275 g/mol. The molecule has 0 radical (unpaired) electrons. The molecule has 1 aromatic carbocycles. The molecule has 4 aromatic rings. The van der Waals surface area contributed by atoms with E-state index < -0.39 is 0 Å². The molecule has 0 saturated heterocycles. The van der Waals surface area contributed by atoms with Crippen molar-refractivity contribution in [2.45, 2.75) is 6.92 Å². The number of aromatic hydroxyl groups is 1. The fourth-order valence-corrected chi connectivity index (χ4v) is 2.62. The van der Waals surface area contributed by atoms with Crippen LogP contribution in [0.5, 0.6) is 5.75 Å². The van der Waals surface area contributed by atoms with Crippen molar-refractivity contribution in [1.82, 2.24) is 14.6 Å². The van der Waals surface area contributed by atoms with E-state index in [0.717, 1.165) is 27.5 Å². The lowest BCUT2D eigenvalue weighted by Crippen LogP contribution is -1.90. The Morgan fingerprint density at radius 3 is 2.90 bits per heavy atom. The van der Waals surface area contributed by atoms with Crippen LogP contribution >= 0.6 is 0 Å². The molecule has 0 aliphatic rings. The highest BCUT2D eigenvalue weighted by molar-refractivity contribution is 5.96. The van der Waals surface area contributed by atoms with Gasteiger partial charge in [0.2, 0.25) is 0 Å². The maximum atomic E-state index is 9.95. The van der Waals surface area contributed by atoms with Gasteiger partial charge in [-0.1, -0.05) is 12.1 Å². The summed E-state index contributed by atoms with van der Waals surface area (Å²) in [6, 6.07) is 13.8. The summed E-state index contributed by atoms with van der Waals surface area (Å²) in [5.41, 5.74) is 4.70. The molecule has 0 fully saturated rings. The molecule has 102 valence electrons. The summed E-state index contributed by atoms with van der Waals surface area (Å²) in [7, 11) is 0. The van der Waals surface area contributed by atoms with Crippen LogP contribution in [-0.4, -0.2) is 19.7 Å². The summed E-state index contributed by atoms with van der Waals surface area (Å²) in [6.07, 6.45) is 3.71. The number of benzene rings is 1. The van der Waals surface area contributed by atoms with Crippen molar-refractivity contribution in [2.75, 3.05) is 0 Å². The average molecular weight is 275 g/mol. The van der Waals surface area contributed by atoms with Crippen LogP contribution in [0.25, 0.3) is 27.5 Å². The fraction of sp³-hybridized carbons (Fsp3) is 0.0588. The maximum Gasteiger partial charge on any atom is 0.137 e. The van der Waals surface area contributed by atoms with Gasteiger partial charge in [0.1, 0.15) is 5.75 Å². The van der Waals surface area contributed by atoms with E-state index in [4.69, 9.17) is 0 Å². The predicted molar refractivity (Wildman–Crippen MR) is 82.3 cm³/mol. The molecule has 0 bridgehead atoms. The lowest BCUT2D eigenvalue weighted by Gasteiger charge is -2.08. The van der Waals surface area contributed by atoms with Crippen molar-refractivity contribution in [3.8, 4) is 16.9 Å². The van der Waals surface area contributed by atoms with Crippen LogP contribution < -0.4 is 0 Å². The summed E-state index contributed by atoms with van der Waals surface area (Å²) >= 11 is 0. The summed E-state index contributed by atoms with van der Waals surface area (Å²) < 4.78 is 1.83. The number of fused-ring (bicyclic) bond motifs is 2. The van der Waals surface area contributed by atoms with E-state index in [2.05, 4.69) is 16.1 Å². The average Bonchev–Trinajstić information content (AvgIpc) is 2.95. The smallest absolute Gasteiger partial charge is 0.137 e. The minimum Gasteiger partial charge on any atom is -0.506 e. The van der Waals surface area contributed by atoms with Crippen LogP contribution in [-0.2, 0) is 0 Å². The minimum absolute atomic E-state index is 0.223. The molecule has 3 heterocycles. The van der Waals surface area contributed by atoms with Gasteiger partial charge in [-0.15, -0.1) is 0 Å². The Labute approximate surface area is 121 Å². The molecular weight excluding hydrogens is 262 g/mol. The van der Waals surface area contributed by atoms with Crippen molar-refractivity contribution in [3.05, 3.63) is 60.6 Å². The molecule has 0 amide bonds. The molecule has 0 aliphatic carbocycles. The second-order valence-electron chi connectivity index (χ2n) is 5.08. The van der Waals surface area contributed by atoms with E-state index in [1.807, 2.05) is 41.0 Å². The van der Waals surface area contributed by atoms with E-state index in [-0.39, 0.29) is 5.75 Å². The highest BCUT2D eigenvalue weighted by atomic mass is 16.3. The van der Waals surface area contributed by atoms with E-state index in [1.54, 1.807) is 19.2 Å². The van der Waals surface area contributed by atoms with E-state index >= 15 is 0 Å². The number of aromatic nitrogens is 3. The third-order valence-electron chi connectivity index (χ3n) is 3.73. The number of hydrogen-bond acceptors (Lipinski definition) is 3. The first kappa shape index (κ1) is 11.9. The van der Waals surface area contributed by atoms with Gasteiger partial charge >= 0.3 is 0 Å². The second kappa shape index (κ2) is 4.31. The van der Waals surface area contributed by atoms with Crippen molar-refractivity contribution in [1.29, 1.82) is 0 Å². The topological polar surface area (TPSA) is 50.4 Å². The first-order chi connectivity index (χ1) is 10.2. The summed E-state index contributed by atoms with van der Waals surface area (Å²) in [5.74, 6) is 0.223. The lowest BCUT2D eigenvalue weighted by atomic mass is 10.0. The lowest BCUT2D eigenvalue weighted by molar-refractivity contribution is 0.469. The van der Waals surface area contributed by atoms with Crippen LogP contribution in [0.2, 0.25) is 0 Å². The molecule has 1 N–H and O–H groups in total. The van der Waals surface area contributed by atoms with Gasteiger partial charge in [0.25, 0.3) is 0 Å². The standard InChI is InChI=1S/C17H13N3O/c1-11-17(21)10-15-14(3-2-4-16(15)19-11)12-6-8-20-13(9-12)5-7-18-20/h2-10,21H,1H3. The Morgan fingerprint density at radius 1 is 1.10 bits per heavy atom. The normalized spacial score (nSPS) is 11.3. The molecule has 4 rings (SSSR count). The summed E-state index contributed by atoms with van der Waals surface area (Å²) in [5, 5.41) is 15.1. The van der Waals surface area contributed by atoms with Crippen LogP contribution in [0.4, 0.5) is 0 Å². The van der Waals surface area contributed by atoms with Gasteiger partial charge in [0.05, 0.1) is 16.7 Å². The van der Waals surface area contributed by atoms with Gasteiger partial charge in [0, 0.05) is 17.8 Å². The number of aryl methyl sites for hydroxylation is 1. The number of pyridine rings is 2. The van der Waals surface area contributed by atoms with E-state index in [9.17, 15) is 5.11 Å². The van der Waals surface area contributed by atoms with E-state index in [1.165, 1.54) is 0 Å². The van der Waals surface area contributed by atoms with Gasteiger partial charge in [-0.3, -0.25) is 0 Å². The molecular formula is C17H13N3O. The number of rotatable bonds is 1. The summed E-state index contributed by atoms with van der Waals surface area (Å²) in [6.45, 7) is 1.81. The number of hydrogen-bond donors (Lipinski definition) is 1. The van der Waals surface area contributed by atoms with Gasteiger partial charge in [-0.25, -0.2) is 9.50 Å². The molecule has 0 spiro atoms. The van der Waals surface area contributed by atoms with Crippen molar-refractivity contribution < 1.29 is 5.11 Å². The Bertz CT molecular complexity index is 972. The number of nitrogens with zero attached hydrogens (tertiary/aromatic N) is 3. The van der Waals surface area contributed by atoms with Crippen molar-refractivity contribution in [2.24, 2.45) is 0 Å². The first-order valence-electron chi connectivity index (χ1n) is 6.75. The molecule has 0 aliphatic heterocycles. The fourth-order valence-electron chi connectivity index (χ4n) is 2.62. The zero-order valence-corrected chi connectivity index (χ0v) is 11.5. The Morgan fingerprint density at radius 2 is 2.00 bits per heavy atom. The van der Waals surface area contributed by atoms with Crippen molar-refractivity contribution in [3.63, 3.8) is 0 Å². The Balaban J connectivity index is 2.02. The molecule has 3 aromatic heterocycles. The SMILES string of the molecule is Cc1nc2cccc(-c3ccn4nccc4c3)c2cc1O. The molecule has 4 heteroatoms. The quantitative estimate of drug-likeness (QED) is 0.578. The molecule has 0 saturated carbocycles. The minimum atomic E-state index is 0.223. The van der Waals surface area contributed by atoms with Gasteiger partial charge in [-0.05, 0) is 48.4 Å². The van der Waals surface area contributed by atoms with Crippen molar-refractivity contribution >= 4 is 16.4 Å². The molecule has 0 atom stereocenters. The van der Waals surface area contributed by atoms with Crippen LogP contribution in [0.3, 0.4) is 0 Å². The Hall–Kier alpha value is -2.88. The highest BCUT2D eigenvalue weighted by Gasteiger charge is 2.08. The maximum absolute atomic E-state index is 9.95. The third kappa shape index (κ3) is 1.84. The second-order valence-corrected chi connectivity index (χ2v) is 5.08. The first-order valence-corrected chi connectivity index (χ1v) is 6.75. The molecule has 21 heavy (non-hydrogen) atoms.